The van der Waals surface area contributed by atoms with Crippen molar-refractivity contribution in [1.29, 1.82) is 0 Å². The number of hydrogen-bond acceptors (Lipinski definition) is 4. The molecule has 0 aliphatic rings. The van der Waals surface area contributed by atoms with E-state index in [9.17, 15) is 14.4 Å². The van der Waals surface area contributed by atoms with Gasteiger partial charge in [0.15, 0.2) is 5.78 Å². The zero-order valence-corrected chi connectivity index (χ0v) is 21.2. The topological polar surface area (TPSA) is 95.5 Å². The number of hydrogen-bond donors (Lipinski definition) is 3. The summed E-state index contributed by atoms with van der Waals surface area (Å²) < 4.78 is 0. The highest BCUT2D eigenvalue weighted by atomic mass is 16.3. The van der Waals surface area contributed by atoms with Gasteiger partial charge in [-0.1, -0.05) is 45.7 Å². The Morgan fingerprint density at radius 3 is 1.94 bits per heavy atom. The van der Waals surface area contributed by atoms with Gasteiger partial charge >= 0.3 is 0 Å². The number of rotatable bonds is 16. The van der Waals surface area contributed by atoms with Crippen molar-refractivity contribution in [3.05, 3.63) is 29.8 Å². The minimum atomic E-state index is -0.435. The van der Waals surface area contributed by atoms with Crippen LogP contribution in [0.15, 0.2) is 24.3 Å². The van der Waals surface area contributed by atoms with Crippen molar-refractivity contribution < 1.29 is 19.5 Å². The zero-order valence-electron chi connectivity index (χ0n) is 21.2. The second kappa shape index (κ2) is 15.6. The molecule has 3 unspecified atom stereocenters. The summed E-state index contributed by atoms with van der Waals surface area (Å²) in [7, 11) is 0. The van der Waals surface area contributed by atoms with Gasteiger partial charge in [0.2, 0.25) is 11.8 Å². The Labute approximate surface area is 199 Å². The Morgan fingerprint density at radius 1 is 0.848 bits per heavy atom. The molecule has 6 heteroatoms. The number of carbonyl (C=O) groups is 3. The standard InChI is InChI=1S/C27H44N2O4/c1-6-21-14-16-24(17-15-21)29-27(33)23(12-8-10-20(5)25(31)18-30)13-9-11-22(7-2)26(32)28-19(3)4/h14-17,19-20,22-23,30H,6-13,18H2,1-5H3,(H,28,32)(H,29,33). The maximum absolute atomic E-state index is 13.1. The van der Waals surface area contributed by atoms with Crippen molar-refractivity contribution in [2.45, 2.75) is 92.0 Å². The van der Waals surface area contributed by atoms with Crippen LogP contribution in [0.2, 0.25) is 0 Å². The minimum absolute atomic E-state index is 0.0138. The number of nitrogens with one attached hydrogen (secondary N) is 2. The second-order valence-electron chi connectivity index (χ2n) is 9.39. The van der Waals surface area contributed by atoms with E-state index in [4.69, 9.17) is 5.11 Å². The van der Waals surface area contributed by atoms with E-state index in [0.717, 1.165) is 37.8 Å². The van der Waals surface area contributed by atoms with Crippen LogP contribution in [0.25, 0.3) is 0 Å². The Morgan fingerprint density at radius 2 is 1.42 bits per heavy atom. The Bertz CT molecular complexity index is 730. The summed E-state index contributed by atoms with van der Waals surface area (Å²) in [5.74, 6) is -0.516. The first-order valence-corrected chi connectivity index (χ1v) is 12.5. The first kappa shape index (κ1) is 28.8. The van der Waals surface area contributed by atoms with E-state index in [1.165, 1.54) is 5.56 Å². The third-order valence-corrected chi connectivity index (χ3v) is 6.30. The Balaban J connectivity index is 2.73. The van der Waals surface area contributed by atoms with Gasteiger partial charge in [-0.3, -0.25) is 14.4 Å². The Kier molecular flexibility index (Phi) is 13.6. The molecule has 0 saturated heterocycles. The van der Waals surface area contributed by atoms with Gasteiger partial charge in [-0.15, -0.1) is 0 Å². The van der Waals surface area contributed by atoms with Crippen LogP contribution >= 0.6 is 0 Å². The van der Waals surface area contributed by atoms with Crippen molar-refractivity contribution in [1.82, 2.24) is 5.32 Å². The maximum Gasteiger partial charge on any atom is 0.227 e. The van der Waals surface area contributed by atoms with Crippen LogP contribution in [0.4, 0.5) is 5.69 Å². The van der Waals surface area contributed by atoms with Crippen LogP contribution in [0, 0.1) is 17.8 Å². The summed E-state index contributed by atoms with van der Waals surface area (Å²) in [6.45, 7) is 9.42. The first-order valence-electron chi connectivity index (χ1n) is 12.5. The number of ketones is 1. The molecule has 0 bridgehead atoms. The third kappa shape index (κ3) is 11.0. The molecule has 0 saturated carbocycles. The van der Waals surface area contributed by atoms with Crippen LogP contribution < -0.4 is 10.6 Å². The van der Waals surface area contributed by atoms with Gasteiger partial charge in [0.1, 0.15) is 6.61 Å². The largest absolute Gasteiger partial charge is 0.389 e. The molecule has 6 nitrogen and oxygen atoms in total. The molecule has 0 radical (unpaired) electrons. The van der Waals surface area contributed by atoms with Crippen LogP contribution in [0.3, 0.4) is 0 Å². The average molecular weight is 461 g/mol. The van der Waals surface area contributed by atoms with E-state index in [1.807, 2.05) is 52.0 Å². The molecule has 0 fully saturated rings. The molecule has 0 heterocycles. The molecule has 1 aromatic rings. The predicted molar refractivity (Wildman–Crippen MR) is 134 cm³/mol. The highest BCUT2D eigenvalue weighted by Crippen LogP contribution is 2.23. The van der Waals surface area contributed by atoms with Gasteiger partial charge in [-0.2, -0.15) is 0 Å². The lowest BCUT2D eigenvalue weighted by Gasteiger charge is -2.20. The molecule has 3 atom stereocenters. The fourth-order valence-corrected chi connectivity index (χ4v) is 4.00. The highest BCUT2D eigenvalue weighted by molar-refractivity contribution is 5.92. The van der Waals surface area contributed by atoms with Gasteiger partial charge in [-0.25, -0.2) is 0 Å². The van der Waals surface area contributed by atoms with E-state index in [1.54, 1.807) is 0 Å². The van der Waals surface area contributed by atoms with Gasteiger partial charge in [0.05, 0.1) is 0 Å². The predicted octanol–water partition coefficient (Wildman–Crippen LogP) is 4.89. The fraction of sp³-hybridized carbons (Fsp3) is 0.667. The highest BCUT2D eigenvalue weighted by Gasteiger charge is 2.22. The lowest BCUT2D eigenvalue weighted by Crippen LogP contribution is -2.35. The molecule has 0 aromatic heterocycles. The zero-order chi connectivity index (χ0) is 24.8. The summed E-state index contributed by atoms with van der Waals surface area (Å²) in [6, 6.07) is 8.02. The van der Waals surface area contributed by atoms with E-state index in [-0.39, 0.29) is 41.4 Å². The monoisotopic (exact) mass is 460 g/mol. The van der Waals surface area contributed by atoms with Crippen molar-refractivity contribution in [2.75, 3.05) is 11.9 Å². The molecule has 0 spiro atoms. The number of amides is 2. The summed E-state index contributed by atoms with van der Waals surface area (Å²) >= 11 is 0. The van der Waals surface area contributed by atoms with Crippen LogP contribution in [0.5, 0.6) is 0 Å². The van der Waals surface area contributed by atoms with E-state index in [0.29, 0.717) is 19.3 Å². The molecular formula is C27H44N2O4. The van der Waals surface area contributed by atoms with E-state index in [2.05, 4.69) is 17.6 Å². The minimum Gasteiger partial charge on any atom is -0.389 e. The fourth-order valence-electron chi connectivity index (χ4n) is 4.00. The van der Waals surface area contributed by atoms with Gasteiger partial charge in [0.25, 0.3) is 0 Å². The number of aliphatic hydroxyl groups excluding tert-OH is 1. The first-order chi connectivity index (χ1) is 15.7. The van der Waals surface area contributed by atoms with E-state index < -0.39 is 6.61 Å². The smallest absolute Gasteiger partial charge is 0.227 e. The van der Waals surface area contributed by atoms with E-state index >= 15 is 0 Å². The molecule has 33 heavy (non-hydrogen) atoms. The molecule has 3 N–H and O–H groups in total. The van der Waals surface area contributed by atoms with Crippen molar-refractivity contribution >= 4 is 23.3 Å². The molecule has 2 amide bonds. The number of carbonyl (C=O) groups excluding carboxylic acids is 3. The summed E-state index contributed by atoms with van der Waals surface area (Å²) in [6.07, 6.45) is 6.05. The lowest BCUT2D eigenvalue weighted by molar-refractivity contribution is -0.126. The molecule has 186 valence electrons. The second-order valence-corrected chi connectivity index (χ2v) is 9.39. The van der Waals surface area contributed by atoms with Gasteiger partial charge in [0, 0.05) is 29.5 Å². The average Bonchev–Trinajstić information content (AvgIpc) is 2.79. The molecule has 1 aromatic carbocycles. The van der Waals surface area contributed by atoms with Crippen molar-refractivity contribution in [3.63, 3.8) is 0 Å². The third-order valence-electron chi connectivity index (χ3n) is 6.30. The summed E-state index contributed by atoms with van der Waals surface area (Å²) in [5, 5.41) is 15.1. The Hall–Kier alpha value is -2.21. The number of benzene rings is 1. The van der Waals surface area contributed by atoms with Crippen LogP contribution in [-0.2, 0) is 20.8 Å². The van der Waals surface area contributed by atoms with Crippen molar-refractivity contribution in [3.8, 4) is 0 Å². The SMILES string of the molecule is CCc1ccc(NC(=O)C(CCCC(C)C(=O)CO)CCCC(CC)C(=O)NC(C)C)cc1. The van der Waals surface area contributed by atoms with Crippen LogP contribution in [0.1, 0.15) is 85.1 Å². The molecule has 0 aliphatic carbocycles. The maximum atomic E-state index is 13.1. The van der Waals surface area contributed by atoms with Crippen molar-refractivity contribution in [2.24, 2.45) is 17.8 Å². The summed E-state index contributed by atoms with van der Waals surface area (Å²) in [5.41, 5.74) is 2.01. The summed E-state index contributed by atoms with van der Waals surface area (Å²) in [4.78, 5) is 37.1. The number of anilines is 1. The van der Waals surface area contributed by atoms with Crippen LogP contribution in [-0.4, -0.2) is 35.4 Å². The molecular weight excluding hydrogens is 416 g/mol. The van der Waals surface area contributed by atoms with Gasteiger partial charge in [-0.05, 0) is 70.1 Å². The number of aryl methyl sites for hydroxylation is 1. The molecule has 1 rings (SSSR count). The lowest BCUT2D eigenvalue weighted by atomic mass is 9.89. The molecule has 0 aliphatic heterocycles. The number of Topliss-reactive ketones (excluding diaryl/α,β-unsaturated/α-hetero) is 1. The quantitative estimate of drug-likeness (QED) is 0.327. The normalized spacial score (nSPS) is 13.9. The number of aliphatic hydroxyl groups is 1. The van der Waals surface area contributed by atoms with Gasteiger partial charge < -0.3 is 15.7 Å².